The van der Waals surface area contributed by atoms with Crippen LogP contribution in [0.2, 0.25) is 0 Å². The van der Waals surface area contributed by atoms with Gasteiger partial charge in [-0.05, 0) is 38.6 Å². The van der Waals surface area contributed by atoms with Crippen LogP contribution in [0.4, 0.5) is 0 Å². The first-order valence-corrected chi connectivity index (χ1v) is 3.72. The van der Waals surface area contributed by atoms with E-state index in [0.717, 1.165) is 32.4 Å². The summed E-state index contributed by atoms with van der Waals surface area (Å²) in [5.74, 6) is 0. The molecule has 0 radical (unpaired) electrons. The van der Waals surface area contributed by atoms with E-state index in [1.54, 1.807) is 0 Å². The SMILES string of the molecule is N=CCCCNCCCO. The van der Waals surface area contributed by atoms with Crippen molar-refractivity contribution < 1.29 is 5.11 Å². The number of aliphatic hydroxyl groups excluding tert-OH is 1. The lowest BCUT2D eigenvalue weighted by Gasteiger charge is -1.99. The Balaban J connectivity index is 2.70. The number of nitrogens with one attached hydrogen (secondary N) is 2. The quantitative estimate of drug-likeness (QED) is 0.357. The normalized spacial score (nSPS) is 9.70. The number of rotatable bonds is 7. The molecule has 0 spiro atoms. The maximum atomic E-state index is 8.39. The van der Waals surface area contributed by atoms with Crippen molar-refractivity contribution in [2.24, 2.45) is 0 Å². The topological polar surface area (TPSA) is 56.1 Å². The molecule has 0 atom stereocenters. The largest absolute Gasteiger partial charge is 0.396 e. The molecule has 0 saturated heterocycles. The van der Waals surface area contributed by atoms with Crippen molar-refractivity contribution in [1.29, 1.82) is 5.41 Å². The highest BCUT2D eigenvalue weighted by Gasteiger charge is 1.85. The van der Waals surface area contributed by atoms with Crippen molar-refractivity contribution in [3.63, 3.8) is 0 Å². The van der Waals surface area contributed by atoms with Crippen LogP contribution in [-0.2, 0) is 0 Å². The first-order chi connectivity index (χ1) is 4.91. The number of hydrogen-bond donors (Lipinski definition) is 3. The third-order valence-corrected chi connectivity index (χ3v) is 1.21. The van der Waals surface area contributed by atoms with Crippen LogP contribution in [0, 0.1) is 5.41 Å². The summed E-state index contributed by atoms with van der Waals surface area (Å²) in [6.07, 6.45) is 4.12. The van der Waals surface area contributed by atoms with Crippen molar-refractivity contribution in [2.75, 3.05) is 19.7 Å². The minimum atomic E-state index is 0.261. The Morgan fingerprint density at radius 3 is 2.60 bits per heavy atom. The number of unbranched alkanes of at least 4 members (excludes halogenated alkanes) is 1. The summed E-state index contributed by atoms with van der Waals surface area (Å²) >= 11 is 0. The van der Waals surface area contributed by atoms with Crippen molar-refractivity contribution in [3.8, 4) is 0 Å². The molecule has 0 aromatic carbocycles. The number of hydrogen-bond acceptors (Lipinski definition) is 3. The van der Waals surface area contributed by atoms with Gasteiger partial charge in [0.2, 0.25) is 0 Å². The van der Waals surface area contributed by atoms with Crippen LogP contribution >= 0.6 is 0 Å². The molecule has 3 N–H and O–H groups in total. The van der Waals surface area contributed by atoms with E-state index < -0.39 is 0 Å². The van der Waals surface area contributed by atoms with E-state index in [1.807, 2.05) is 0 Å². The Bertz CT molecular complexity index is 76.0. The second kappa shape index (κ2) is 8.59. The van der Waals surface area contributed by atoms with Gasteiger partial charge in [-0.3, -0.25) is 0 Å². The van der Waals surface area contributed by atoms with Gasteiger partial charge in [-0.1, -0.05) is 0 Å². The molecule has 0 fully saturated rings. The Kier molecular flexibility index (Phi) is 8.24. The maximum absolute atomic E-state index is 8.39. The molecule has 0 rings (SSSR count). The summed E-state index contributed by atoms with van der Waals surface area (Å²) in [6, 6.07) is 0. The molecular weight excluding hydrogens is 128 g/mol. The van der Waals surface area contributed by atoms with Gasteiger partial charge >= 0.3 is 0 Å². The van der Waals surface area contributed by atoms with E-state index in [4.69, 9.17) is 10.5 Å². The minimum absolute atomic E-state index is 0.261. The summed E-state index contributed by atoms with van der Waals surface area (Å²) < 4.78 is 0. The van der Waals surface area contributed by atoms with Gasteiger partial charge in [-0.25, -0.2) is 0 Å². The average Bonchev–Trinajstić information content (AvgIpc) is 1.97. The molecule has 0 aliphatic rings. The highest BCUT2D eigenvalue weighted by Crippen LogP contribution is 1.81. The fraction of sp³-hybridized carbons (Fsp3) is 0.857. The minimum Gasteiger partial charge on any atom is -0.396 e. The van der Waals surface area contributed by atoms with E-state index >= 15 is 0 Å². The Hall–Kier alpha value is -0.410. The highest BCUT2D eigenvalue weighted by atomic mass is 16.3. The second-order valence-electron chi connectivity index (χ2n) is 2.17. The van der Waals surface area contributed by atoms with E-state index in [2.05, 4.69) is 5.32 Å². The zero-order valence-electron chi connectivity index (χ0n) is 6.27. The van der Waals surface area contributed by atoms with Crippen LogP contribution in [0.1, 0.15) is 19.3 Å². The van der Waals surface area contributed by atoms with E-state index in [1.165, 1.54) is 6.21 Å². The molecule has 3 nitrogen and oxygen atoms in total. The lowest BCUT2D eigenvalue weighted by atomic mass is 10.3. The smallest absolute Gasteiger partial charge is 0.0443 e. The van der Waals surface area contributed by atoms with Gasteiger partial charge in [0.25, 0.3) is 0 Å². The van der Waals surface area contributed by atoms with Crippen LogP contribution in [0.25, 0.3) is 0 Å². The molecule has 10 heavy (non-hydrogen) atoms. The molecule has 0 aromatic heterocycles. The van der Waals surface area contributed by atoms with Crippen LogP contribution in [0.5, 0.6) is 0 Å². The summed E-state index contributed by atoms with van der Waals surface area (Å²) in [4.78, 5) is 0. The van der Waals surface area contributed by atoms with Crippen molar-refractivity contribution in [2.45, 2.75) is 19.3 Å². The van der Waals surface area contributed by atoms with Crippen LogP contribution in [0.3, 0.4) is 0 Å². The summed E-state index contributed by atoms with van der Waals surface area (Å²) in [5.41, 5.74) is 0. The lowest BCUT2D eigenvalue weighted by molar-refractivity contribution is 0.286. The van der Waals surface area contributed by atoms with E-state index in [9.17, 15) is 0 Å². The highest BCUT2D eigenvalue weighted by molar-refractivity contribution is 5.52. The third-order valence-electron chi connectivity index (χ3n) is 1.21. The van der Waals surface area contributed by atoms with Crippen LogP contribution in [0.15, 0.2) is 0 Å². The Labute approximate surface area is 62.0 Å². The summed E-state index contributed by atoms with van der Waals surface area (Å²) in [5, 5.41) is 18.3. The molecule has 3 heteroatoms. The monoisotopic (exact) mass is 144 g/mol. The van der Waals surface area contributed by atoms with Gasteiger partial charge in [0.15, 0.2) is 0 Å². The fourth-order valence-corrected chi connectivity index (χ4v) is 0.658. The van der Waals surface area contributed by atoms with Gasteiger partial charge in [-0.15, -0.1) is 0 Å². The Morgan fingerprint density at radius 1 is 1.30 bits per heavy atom. The first kappa shape index (κ1) is 9.59. The summed E-state index contributed by atoms with van der Waals surface area (Å²) in [6.45, 7) is 2.10. The van der Waals surface area contributed by atoms with Gasteiger partial charge in [0, 0.05) is 6.61 Å². The average molecular weight is 144 g/mol. The Morgan fingerprint density at radius 2 is 2.00 bits per heavy atom. The molecule has 60 valence electrons. The second-order valence-corrected chi connectivity index (χ2v) is 2.17. The van der Waals surface area contributed by atoms with E-state index in [0.29, 0.717) is 0 Å². The van der Waals surface area contributed by atoms with Gasteiger partial charge < -0.3 is 15.8 Å². The predicted octanol–water partition coefficient (Wildman–Crippen LogP) is 0.388. The van der Waals surface area contributed by atoms with Crippen molar-refractivity contribution >= 4 is 6.21 Å². The summed E-state index contributed by atoms with van der Waals surface area (Å²) in [7, 11) is 0. The molecule has 0 saturated carbocycles. The molecular formula is C7H16N2O. The van der Waals surface area contributed by atoms with Crippen molar-refractivity contribution in [1.82, 2.24) is 5.32 Å². The molecule has 0 aromatic rings. The lowest BCUT2D eigenvalue weighted by Crippen LogP contribution is -2.17. The molecule has 0 unspecified atom stereocenters. The van der Waals surface area contributed by atoms with Gasteiger partial charge in [0.1, 0.15) is 0 Å². The molecule has 0 bridgehead atoms. The zero-order chi connectivity index (χ0) is 7.66. The van der Waals surface area contributed by atoms with Gasteiger partial charge in [-0.2, -0.15) is 0 Å². The van der Waals surface area contributed by atoms with Crippen molar-refractivity contribution in [3.05, 3.63) is 0 Å². The first-order valence-electron chi connectivity index (χ1n) is 3.72. The van der Waals surface area contributed by atoms with Gasteiger partial charge in [0.05, 0.1) is 0 Å². The van der Waals surface area contributed by atoms with Crippen LogP contribution in [-0.4, -0.2) is 31.0 Å². The van der Waals surface area contributed by atoms with Crippen LogP contribution < -0.4 is 5.32 Å². The molecule has 0 heterocycles. The maximum Gasteiger partial charge on any atom is 0.0443 e. The number of aliphatic hydroxyl groups is 1. The van der Waals surface area contributed by atoms with E-state index in [-0.39, 0.29) is 6.61 Å². The zero-order valence-corrected chi connectivity index (χ0v) is 6.27. The standard InChI is InChI=1S/C7H16N2O/c8-4-1-2-5-9-6-3-7-10/h4,8-10H,1-3,5-7H2. The third kappa shape index (κ3) is 7.59. The molecule has 0 amide bonds. The fourth-order valence-electron chi connectivity index (χ4n) is 0.658. The molecule has 0 aliphatic heterocycles. The predicted molar refractivity (Wildman–Crippen MR) is 42.6 cm³/mol. The molecule has 0 aliphatic carbocycles.